The van der Waals surface area contributed by atoms with Crippen molar-refractivity contribution in [2.45, 2.75) is 13.2 Å². The second kappa shape index (κ2) is 5.83. The number of hydrogen-bond donors (Lipinski definition) is 0. The van der Waals surface area contributed by atoms with Gasteiger partial charge >= 0.3 is 0 Å². The van der Waals surface area contributed by atoms with E-state index in [4.69, 9.17) is 0 Å². The third kappa shape index (κ3) is 2.72. The number of rotatable bonds is 5. The smallest absolute Gasteiger partial charge is 0.167 e. The van der Waals surface area contributed by atoms with E-state index in [0.29, 0.717) is 0 Å². The zero-order valence-corrected chi connectivity index (χ0v) is 8.85. The SMILES string of the molecule is COCc1c(F)cc(COOC)c(F)c1F. The third-order valence-corrected chi connectivity index (χ3v) is 1.95. The van der Waals surface area contributed by atoms with Gasteiger partial charge in [-0.15, -0.1) is 0 Å². The zero-order chi connectivity index (χ0) is 12.1. The molecule has 16 heavy (non-hydrogen) atoms. The third-order valence-electron chi connectivity index (χ3n) is 1.95. The highest BCUT2D eigenvalue weighted by Gasteiger charge is 2.18. The van der Waals surface area contributed by atoms with Crippen LogP contribution in [0.5, 0.6) is 0 Å². The number of benzene rings is 1. The molecule has 1 rings (SSSR count). The van der Waals surface area contributed by atoms with Crippen LogP contribution in [0.4, 0.5) is 13.2 Å². The van der Waals surface area contributed by atoms with Gasteiger partial charge in [-0.3, -0.25) is 0 Å². The highest BCUT2D eigenvalue weighted by atomic mass is 19.2. The van der Waals surface area contributed by atoms with E-state index >= 15 is 0 Å². The van der Waals surface area contributed by atoms with Crippen LogP contribution in [0.15, 0.2) is 6.07 Å². The fourth-order valence-electron chi connectivity index (χ4n) is 1.19. The summed E-state index contributed by atoms with van der Waals surface area (Å²) in [5.41, 5.74) is -0.696. The maximum absolute atomic E-state index is 13.4. The Labute approximate surface area is 90.7 Å². The van der Waals surface area contributed by atoms with Gasteiger partial charge in [0.2, 0.25) is 0 Å². The summed E-state index contributed by atoms with van der Waals surface area (Å²) in [6, 6.07) is 0.853. The Morgan fingerprint density at radius 1 is 1.06 bits per heavy atom. The lowest BCUT2D eigenvalue weighted by Crippen LogP contribution is -2.06. The van der Waals surface area contributed by atoms with Crippen LogP contribution >= 0.6 is 0 Å². The molecule has 0 radical (unpaired) electrons. The predicted octanol–water partition coefficient (Wildman–Crippen LogP) is 2.33. The van der Waals surface area contributed by atoms with Crippen LogP contribution < -0.4 is 0 Å². The molecule has 0 aliphatic rings. The molecule has 0 spiro atoms. The zero-order valence-electron chi connectivity index (χ0n) is 8.85. The highest BCUT2D eigenvalue weighted by molar-refractivity contribution is 5.27. The van der Waals surface area contributed by atoms with E-state index in [0.717, 1.165) is 6.07 Å². The van der Waals surface area contributed by atoms with Gasteiger partial charge in [0.1, 0.15) is 12.4 Å². The Morgan fingerprint density at radius 3 is 2.31 bits per heavy atom. The minimum Gasteiger partial charge on any atom is -0.380 e. The van der Waals surface area contributed by atoms with Crippen molar-refractivity contribution in [3.8, 4) is 0 Å². The molecule has 0 saturated heterocycles. The van der Waals surface area contributed by atoms with Gasteiger partial charge < -0.3 is 4.74 Å². The van der Waals surface area contributed by atoms with Crippen molar-refractivity contribution in [3.63, 3.8) is 0 Å². The molecule has 0 atom stereocenters. The van der Waals surface area contributed by atoms with Crippen LogP contribution in [-0.4, -0.2) is 14.2 Å². The summed E-state index contributed by atoms with van der Waals surface area (Å²) < 4.78 is 44.6. The molecular weight excluding hydrogens is 225 g/mol. The fourth-order valence-corrected chi connectivity index (χ4v) is 1.19. The molecule has 1 aromatic carbocycles. The summed E-state index contributed by atoms with van der Waals surface area (Å²) in [5, 5.41) is 0. The van der Waals surface area contributed by atoms with Crippen molar-refractivity contribution in [1.82, 2.24) is 0 Å². The molecule has 0 fully saturated rings. The summed E-state index contributed by atoms with van der Waals surface area (Å²) in [4.78, 5) is 8.63. The lowest BCUT2D eigenvalue weighted by atomic mass is 10.1. The van der Waals surface area contributed by atoms with E-state index < -0.39 is 23.0 Å². The van der Waals surface area contributed by atoms with Crippen molar-refractivity contribution >= 4 is 0 Å². The molecule has 0 saturated carbocycles. The predicted molar refractivity (Wildman–Crippen MR) is 48.8 cm³/mol. The highest BCUT2D eigenvalue weighted by Crippen LogP contribution is 2.21. The molecule has 0 heterocycles. The summed E-state index contributed by atoms with van der Waals surface area (Å²) in [6.07, 6.45) is 0. The van der Waals surface area contributed by atoms with Crippen LogP contribution in [0.25, 0.3) is 0 Å². The summed E-state index contributed by atoms with van der Waals surface area (Å²) in [5.74, 6) is -3.31. The van der Waals surface area contributed by atoms with Gasteiger partial charge in [-0.05, 0) is 6.07 Å². The van der Waals surface area contributed by atoms with E-state index in [9.17, 15) is 13.2 Å². The van der Waals surface area contributed by atoms with Gasteiger partial charge in [0.15, 0.2) is 11.6 Å². The maximum Gasteiger partial charge on any atom is 0.167 e. The van der Waals surface area contributed by atoms with Crippen LogP contribution in [0.3, 0.4) is 0 Å². The van der Waals surface area contributed by atoms with Crippen LogP contribution in [0, 0.1) is 17.5 Å². The molecule has 6 heteroatoms. The van der Waals surface area contributed by atoms with Crippen LogP contribution in [0.2, 0.25) is 0 Å². The number of halogens is 3. The van der Waals surface area contributed by atoms with Crippen molar-refractivity contribution < 1.29 is 27.7 Å². The lowest BCUT2D eigenvalue weighted by molar-refractivity contribution is -0.282. The van der Waals surface area contributed by atoms with E-state index in [1.807, 2.05) is 0 Å². The normalized spacial score (nSPS) is 10.8. The second-order valence-electron chi connectivity index (χ2n) is 2.99. The Hall–Kier alpha value is -1.11. The van der Waals surface area contributed by atoms with Crippen molar-refractivity contribution in [2.24, 2.45) is 0 Å². The molecule has 0 aliphatic heterocycles. The minimum atomic E-state index is -1.27. The molecule has 0 N–H and O–H groups in total. The van der Waals surface area contributed by atoms with Gasteiger partial charge in [-0.1, -0.05) is 0 Å². The number of ether oxygens (including phenoxy) is 1. The first-order valence-corrected chi connectivity index (χ1v) is 4.41. The molecule has 90 valence electrons. The minimum absolute atomic E-state index is 0.253. The van der Waals surface area contributed by atoms with Crippen LogP contribution in [-0.2, 0) is 27.7 Å². The Balaban J connectivity index is 3.06. The molecule has 0 aromatic heterocycles. The Bertz CT molecular complexity index is 369. The first-order chi connectivity index (χ1) is 7.61. The Kier molecular flexibility index (Phi) is 4.72. The topological polar surface area (TPSA) is 27.7 Å². The quantitative estimate of drug-likeness (QED) is 0.446. The summed E-state index contributed by atoms with van der Waals surface area (Å²) in [7, 11) is 2.47. The van der Waals surface area contributed by atoms with E-state index in [-0.39, 0.29) is 18.8 Å². The molecule has 3 nitrogen and oxygen atoms in total. The van der Waals surface area contributed by atoms with E-state index in [1.165, 1.54) is 14.2 Å². The van der Waals surface area contributed by atoms with Gasteiger partial charge in [0, 0.05) is 12.7 Å². The molecule has 0 amide bonds. The molecular formula is C10H11F3O3. The second-order valence-corrected chi connectivity index (χ2v) is 2.99. The number of hydrogen-bond acceptors (Lipinski definition) is 3. The van der Waals surface area contributed by atoms with E-state index in [1.54, 1.807) is 0 Å². The van der Waals surface area contributed by atoms with E-state index in [2.05, 4.69) is 14.5 Å². The summed E-state index contributed by atoms with van der Waals surface area (Å²) in [6.45, 7) is -0.705. The standard InChI is InChI=1S/C10H11F3O3/c1-14-5-7-8(11)3-6(4-16-15-2)9(12)10(7)13/h3H,4-5H2,1-2H3. The monoisotopic (exact) mass is 236 g/mol. The molecule has 0 unspecified atom stereocenters. The summed E-state index contributed by atoms with van der Waals surface area (Å²) >= 11 is 0. The first kappa shape index (κ1) is 13.0. The van der Waals surface area contributed by atoms with Crippen molar-refractivity contribution in [1.29, 1.82) is 0 Å². The first-order valence-electron chi connectivity index (χ1n) is 4.41. The molecule has 0 bridgehead atoms. The van der Waals surface area contributed by atoms with Gasteiger partial charge in [-0.25, -0.2) is 22.9 Å². The fraction of sp³-hybridized carbons (Fsp3) is 0.400. The van der Waals surface area contributed by atoms with Crippen molar-refractivity contribution in [2.75, 3.05) is 14.2 Å². The maximum atomic E-state index is 13.4. The van der Waals surface area contributed by atoms with Crippen molar-refractivity contribution in [3.05, 3.63) is 34.6 Å². The molecule has 0 aliphatic carbocycles. The largest absolute Gasteiger partial charge is 0.380 e. The molecule has 1 aromatic rings. The van der Waals surface area contributed by atoms with Crippen LogP contribution in [0.1, 0.15) is 11.1 Å². The average molecular weight is 236 g/mol. The lowest BCUT2D eigenvalue weighted by Gasteiger charge is -2.09. The Morgan fingerprint density at radius 2 is 1.75 bits per heavy atom. The van der Waals surface area contributed by atoms with Gasteiger partial charge in [0.25, 0.3) is 0 Å². The van der Waals surface area contributed by atoms with Gasteiger partial charge in [0.05, 0.1) is 19.3 Å². The van der Waals surface area contributed by atoms with Gasteiger partial charge in [-0.2, -0.15) is 0 Å². The number of methoxy groups -OCH3 is 1. The average Bonchev–Trinajstić information content (AvgIpc) is 2.27.